The Morgan fingerprint density at radius 3 is 2.81 bits per heavy atom. The Kier molecular flexibility index (Phi) is 4.51. The summed E-state index contributed by atoms with van der Waals surface area (Å²) in [5.41, 5.74) is 4.08. The van der Waals surface area contributed by atoms with Crippen molar-refractivity contribution in [2.75, 3.05) is 25.0 Å². The average Bonchev–Trinajstić information content (AvgIpc) is 2.51. The number of aryl methyl sites for hydroxylation is 1. The Morgan fingerprint density at radius 2 is 1.95 bits per heavy atom. The Balaban J connectivity index is 1.43. The molecule has 0 fully saturated rings. The van der Waals surface area contributed by atoms with E-state index in [-0.39, 0.29) is 0 Å². The molecule has 21 heavy (non-hydrogen) atoms. The van der Waals surface area contributed by atoms with E-state index < -0.39 is 0 Å². The second-order valence-corrected chi connectivity index (χ2v) is 5.74. The molecule has 0 saturated heterocycles. The molecule has 1 aliphatic rings. The lowest BCUT2D eigenvalue weighted by atomic mass is 10.00. The van der Waals surface area contributed by atoms with Crippen LogP contribution >= 0.6 is 0 Å². The molecule has 110 valence electrons. The van der Waals surface area contributed by atoms with E-state index in [0.29, 0.717) is 0 Å². The number of fused-ring (bicyclic) bond motifs is 1. The number of nitrogens with one attached hydrogen (secondary N) is 1. The van der Waals surface area contributed by atoms with Crippen LogP contribution in [0.15, 0.2) is 42.5 Å². The predicted octanol–water partition coefficient (Wildman–Crippen LogP) is 3.25. The van der Waals surface area contributed by atoms with E-state index in [1.54, 1.807) is 0 Å². The van der Waals surface area contributed by atoms with Gasteiger partial charge in [-0.15, -0.1) is 0 Å². The molecule has 1 aliphatic heterocycles. The molecule has 0 bridgehead atoms. The molecular weight excluding hydrogens is 258 g/mol. The molecule has 2 aromatic rings. The first-order valence-electron chi connectivity index (χ1n) is 7.78. The summed E-state index contributed by atoms with van der Waals surface area (Å²) < 4.78 is 0. The van der Waals surface area contributed by atoms with Gasteiger partial charge >= 0.3 is 0 Å². The van der Waals surface area contributed by atoms with Crippen LogP contribution < -0.4 is 5.32 Å². The summed E-state index contributed by atoms with van der Waals surface area (Å²) in [6.07, 6.45) is 2.33. The van der Waals surface area contributed by atoms with Gasteiger partial charge in [0.2, 0.25) is 0 Å². The Bertz CT molecular complexity index is 595. The van der Waals surface area contributed by atoms with Crippen molar-refractivity contribution in [2.24, 2.45) is 0 Å². The van der Waals surface area contributed by atoms with E-state index in [2.05, 4.69) is 39.5 Å². The first kappa shape index (κ1) is 14.1. The van der Waals surface area contributed by atoms with Crippen LogP contribution in [-0.4, -0.2) is 29.5 Å². The molecule has 1 aromatic carbocycles. The average molecular weight is 281 g/mol. The largest absolute Gasteiger partial charge is 0.370 e. The molecule has 0 unspecified atom stereocenters. The van der Waals surface area contributed by atoms with Crippen LogP contribution in [0.25, 0.3) is 0 Å². The fourth-order valence-corrected chi connectivity index (χ4v) is 2.91. The fourth-order valence-electron chi connectivity index (χ4n) is 2.91. The van der Waals surface area contributed by atoms with E-state index in [1.807, 2.05) is 25.1 Å². The summed E-state index contributed by atoms with van der Waals surface area (Å²) in [6.45, 7) is 6.43. The number of benzene rings is 1. The van der Waals surface area contributed by atoms with Gasteiger partial charge in [0.1, 0.15) is 5.82 Å². The molecule has 0 saturated carbocycles. The zero-order valence-corrected chi connectivity index (χ0v) is 12.7. The summed E-state index contributed by atoms with van der Waals surface area (Å²) in [7, 11) is 0. The summed E-state index contributed by atoms with van der Waals surface area (Å²) in [6, 6.07) is 14.9. The van der Waals surface area contributed by atoms with Gasteiger partial charge < -0.3 is 5.32 Å². The summed E-state index contributed by atoms with van der Waals surface area (Å²) >= 11 is 0. The van der Waals surface area contributed by atoms with Crippen LogP contribution in [0.2, 0.25) is 0 Å². The molecule has 1 N–H and O–H groups in total. The topological polar surface area (TPSA) is 28.2 Å². The highest BCUT2D eigenvalue weighted by atomic mass is 15.1. The minimum absolute atomic E-state index is 0.981. The first-order valence-corrected chi connectivity index (χ1v) is 7.78. The molecule has 0 radical (unpaired) electrons. The van der Waals surface area contributed by atoms with Crippen LogP contribution in [0.4, 0.5) is 5.82 Å². The van der Waals surface area contributed by atoms with Crippen molar-refractivity contribution in [1.29, 1.82) is 0 Å². The number of pyridine rings is 1. The van der Waals surface area contributed by atoms with Gasteiger partial charge in [-0.2, -0.15) is 0 Å². The van der Waals surface area contributed by atoms with Crippen LogP contribution in [0.3, 0.4) is 0 Å². The van der Waals surface area contributed by atoms with E-state index in [4.69, 9.17) is 0 Å². The molecular formula is C18H23N3. The Morgan fingerprint density at radius 1 is 1.10 bits per heavy atom. The highest BCUT2D eigenvalue weighted by molar-refractivity contribution is 5.34. The molecule has 0 spiro atoms. The van der Waals surface area contributed by atoms with Crippen molar-refractivity contribution in [3.8, 4) is 0 Å². The molecule has 1 aromatic heterocycles. The molecule has 0 atom stereocenters. The third kappa shape index (κ3) is 3.82. The molecule has 3 nitrogen and oxygen atoms in total. The van der Waals surface area contributed by atoms with Crippen molar-refractivity contribution in [3.05, 3.63) is 59.3 Å². The van der Waals surface area contributed by atoms with Gasteiger partial charge in [-0.05, 0) is 43.0 Å². The van der Waals surface area contributed by atoms with Crippen LogP contribution in [0.5, 0.6) is 0 Å². The highest BCUT2D eigenvalue weighted by Gasteiger charge is 2.14. The molecule has 3 rings (SSSR count). The monoisotopic (exact) mass is 281 g/mol. The smallest absolute Gasteiger partial charge is 0.126 e. The zero-order valence-electron chi connectivity index (χ0n) is 12.7. The maximum Gasteiger partial charge on any atom is 0.126 e. The van der Waals surface area contributed by atoms with Crippen molar-refractivity contribution in [2.45, 2.75) is 26.3 Å². The number of nitrogens with zero attached hydrogens (tertiary/aromatic N) is 2. The standard InChI is InChI=1S/C18H23N3/c1-15-6-4-9-18(20-15)19-11-5-12-21-13-10-16-7-2-3-8-17(16)14-21/h2-4,6-9H,5,10-14H2,1H3,(H,19,20). The van der Waals surface area contributed by atoms with E-state index >= 15 is 0 Å². The summed E-state index contributed by atoms with van der Waals surface area (Å²) in [4.78, 5) is 7.01. The minimum atomic E-state index is 0.981. The molecule has 3 heteroatoms. The van der Waals surface area contributed by atoms with Crippen molar-refractivity contribution in [3.63, 3.8) is 0 Å². The third-order valence-corrected chi connectivity index (χ3v) is 4.06. The quantitative estimate of drug-likeness (QED) is 0.853. The lowest BCUT2D eigenvalue weighted by Crippen LogP contribution is -2.32. The van der Waals surface area contributed by atoms with Gasteiger partial charge in [0, 0.05) is 31.9 Å². The predicted molar refractivity (Wildman–Crippen MR) is 87.5 cm³/mol. The molecule has 2 heterocycles. The number of aromatic nitrogens is 1. The van der Waals surface area contributed by atoms with Crippen LogP contribution in [0, 0.1) is 6.92 Å². The number of hydrogen-bond acceptors (Lipinski definition) is 3. The lowest BCUT2D eigenvalue weighted by molar-refractivity contribution is 0.253. The highest BCUT2D eigenvalue weighted by Crippen LogP contribution is 2.18. The lowest BCUT2D eigenvalue weighted by Gasteiger charge is -2.28. The number of hydrogen-bond donors (Lipinski definition) is 1. The first-order chi connectivity index (χ1) is 10.3. The Hall–Kier alpha value is -1.87. The van der Waals surface area contributed by atoms with Crippen molar-refractivity contribution >= 4 is 5.82 Å². The third-order valence-electron chi connectivity index (χ3n) is 4.06. The minimum Gasteiger partial charge on any atom is -0.370 e. The zero-order chi connectivity index (χ0) is 14.5. The fraction of sp³-hybridized carbons (Fsp3) is 0.389. The number of rotatable bonds is 5. The van der Waals surface area contributed by atoms with Crippen LogP contribution in [-0.2, 0) is 13.0 Å². The van der Waals surface area contributed by atoms with Gasteiger partial charge in [-0.25, -0.2) is 4.98 Å². The maximum atomic E-state index is 4.46. The van der Waals surface area contributed by atoms with Gasteiger partial charge in [0.25, 0.3) is 0 Å². The van der Waals surface area contributed by atoms with Crippen molar-refractivity contribution in [1.82, 2.24) is 9.88 Å². The van der Waals surface area contributed by atoms with Crippen LogP contribution in [0.1, 0.15) is 23.2 Å². The van der Waals surface area contributed by atoms with Crippen molar-refractivity contribution < 1.29 is 0 Å². The van der Waals surface area contributed by atoms with Gasteiger partial charge in [0.05, 0.1) is 0 Å². The second-order valence-electron chi connectivity index (χ2n) is 5.74. The number of anilines is 1. The normalized spacial score (nSPS) is 14.7. The van der Waals surface area contributed by atoms with E-state index in [0.717, 1.165) is 37.6 Å². The summed E-state index contributed by atoms with van der Waals surface area (Å²) in [5.74, 6) is 0.985. The van der Waals surface area contributed by atoms with Gasteiger partial charge in [0.15, 0.2) is 0 Å². The van der Waals surface area contributed by atoms with Gasteiger partial charge in [-0.3, -0.25) is 4.90 Å². The second kappa shape index (κ2) is 6.72. The maximum absolute atomic E-state index is 4.46. The SMILES string of the molecule is Cc1cccc(NCCCN2CCc3ccccc3C2)n1. The molecule has 0 aliphatic carbocycles. The summed E-state index contributed by atoms with van der Waals surface area (Å²) in [5, 5.41) is 3.41. The van der Waals surface area contributed by atoms with Gasteiger partial charge in [-0.1, -0.05) is 30.3 Å². The molecule has 0 amide bonds. The van der Waals surface area contributed by atoms with E-state index in [1.165, 1.54) is 24.1 Å². The van der Waals surface area contributed by atoms with E-state index in [9.17, 15) is 0 Å². The Labute approximate surface area is 127 Å².